The van der Waals surface area contributed by atoms with Gasteiger partial charge in [0.05, 0.1) is 17.2 Å². The number of nitrogens with two attached hydrogens (primary N) is 1. The second kappa shape index (κ2) is 8.37. The van der Waals surface area contributed by atoms with Crippen LogP contribution in [0, 0.1) is 5.82 Å². The summed E-state index contributed by atoms with van der Waals surface area (Å²) in [6.07, 6.45) is 0. The van der Waals surface area contributed by atoms with Crippen LogP contribution in [0.15, 0.2) is 42.5 Å². The number of esters is 1. The second-order valence-corrected chi connectivity index (χ2v) is 7.02. The van der Waals surface area contributed by atoms with Crippen molar-refractivity contribution in [1.29, 1.82) is 0 Å². The summed E-state index contributed by atoms with van der Waals surface area (Å²) in [6.45, 7) is 1.98. The molecule has 0 spiro atoms. The first kappa shape index (κ1) is 19.8. The number of nitrogens with zero attached hydrogens (tertiary/aromatic N) is 1. The van der Waals surface area contributed by atoms with Crippen LogP contribution in [0.4, 0.5) is 21.0 Å². The van der Waals surface area contributed by atoms with Gasteiger partial charge in [0.15, 0.2) is 5.13 Å². The lowest BCUT2D eigenvalue weighted by Gasteiger charge is -2.03. The van der Waals surface area contributed by atoms with Gasteiger partial charge in [-0.25, -0.2) is 14.2 Å². The van der Waals surface area contributed by atoms with Crippen molar-refractivity contribution in [3.8, 4) is 0 Å². The first-order valence-corrected chi connectivity index (χ1v) is 9.38. The topological polar surface area (TPSA) is 94.3 Å². The zero-order valence-electron chi connectivity index (χ0n) is 14.7. The Kier molecular flexibility index (Phi) is 5.91. The Labute approximate surface area is 169 Å². The molecule has 0 radical (unpaired) electrons. The SMILES string of the molecule is CCOC(=O)c1ccc(C(=O)c2sc(Nc3ccc(Cl)c(F)c3)nc2N)cc1. The number of hydrogen-bond donors (Lipinski definition) is 2. The number of thiazole rings is 1. The molecule has 0 saturated carbocycles. The van der Waals surface area contributed by atoms with Crippen molar-refractivity contribution in [3.05, 3.63) is 69.3 Å². The molecule has 0 bridgehead atoms. The molecule has 0 aliphatic rings. The summed E-state index contributed by atoms with van der Waals surface area (Å²) in [5.74, 6) is -1.31. The summed E-state index contributed by atoms with van der Waals surface area (Å²) in [5.41, 5.74) is 7.00. The van der Waals surface area contributed by atoms with Gasteiger partial charge in [-0.05, 0) is 37.3 Å². The number of ether oxygens (including phenoxy) is 1. The van der Waals surface area contributed by atoms with Gasteiger partial charge < -0.3 is 15.8 Å². The van der Waals surface area contributed by atoms with Gasteiger partial charge >= 0.3 is 5.97 Å². The van der Waals surface area contributed by atoms with Crippen molar-refractivity contribution in [3.63, 3.8) is 0 Å². The van der Waals surface area contributed by atoms with Crippen LogP contribution in [0.5, 0.6) is 0 Å². The van der Waals surface area contributed by atoms with Gasteiger partial charge in [-0.1, -0.05) is 35.1 Å². The number of halogens is 2. The number of nitrogen functional groups attached to an aromatic ring is 1. The Balaban J connectivity index is 1.79. The van der Waals surface area contributed by atoms with E-state index in [1.54, 1.807) is 13.0 Å². The van der Waals surface area contributed by atoms with Crippen molar-refractivity contribution < 1.29 is 18.7 Å². The van der Waals surface area contributed by atoms with E-state index >= 15 is 0 Å². The molecule has 1 heterocycles. The van der Waals surface area contributed by atoms with Crippen molar-refractivity contribution in [2.24, 2.45) is 0 Å². The lowest BCUT2D eigenvalue weighted by molar-refractivity contribution is 0.0526. The minimum Gasteiger partial charge on any atom is -0.462 e. The molecule has 0 aliphatic heterocycles. The maximum atomic E-state index is 13.6. The van der Waals surface area contributed by atoms with E-state index in [9.17, 15) is 14.0 Å². The largest absolute Gasteiger partial charge is 0.462 e. The van der Waals surface area contributed by atoms with Crippen molar-refractivity contribution >= 4 is 51.3 Å². The molecule has 0 unspecified atom stereocenters. The van der Waals surface area contributed by atoms with E-state index in [-0.39, 0.29) is 28.1 Å². The van der Waals surface area contributed by atoms with E-state index in [1.807, 2.05) is 0 Å². The van der Waals surface area contributed by atoms with Gasteiger partial charge in [0.2, 0.25) is 5.78 Å². The summed E-state index contributed by atoms with van der Waals surface area (Å²) in [6, 6.07) is 10.3. The molecule has 9 heteroatoms. The predicted molar refractivity (Wildman–Crippen MR) is 107 cm³/mol. The molecule has 3 N–H and O–H groups in total. The standard InChI is InChI=1S/C19H15ClFN3O3S/c1-2-27-18(26)11-5-3-10(4-6-11)15(25)16-17(22)24-19(28-16)23-12-7-8-13(20)14(21)9-12/h3-9H,2,22H2,1H3,(H,23,24). The lowest BCUT2D eigenvalue weighted by atomic mass is 10.1. The number of aromatic nitrogens is 1. The van der Waals surface area contributed by atoms with Crippen LogP contribution in [-0.4, -0.2) is 23.3 Å². The van der Waals surface area contributed by atoms with Crippen LogP contribution in [0.2, 0.25) is 5.02 Å². The van der Waals surface area contributed by atoms with E-state index in [0.717, 1.165) is 11.3 Å². The minimum atomic E-state index is -0.575. The van der Waals surface area contributed by atoms with Crippen LogP contribution in [-0.2, 0) is 4.74 Å². The van der Waals surface area contributed by atoms with Crippen LogP contribution in [0.25, 0.3) is 0 Å². The van der Waals surface area contributed by atoms with Gasteiger partial charge in [0, 0.05) is 11.3 Å². The second-order valence-electron chi connectivity index (χ2n) is 5.61. The number of carbonyl (C=O) groups is 2. The third-order valence-electron chi connectivity index (χ3n) is 3.69. The Morgan fingerprint density at radius 2 is 1.89 bits per heavy atom. The van der Waals surface area contributed by atoms with Crippen molar-refractivity contribution in [2.45, 2.75) is 6.92 Å². The smallest absolute Gasteiger partial charge is 0.338 e. The first-order valence-electron chi connectivity index (χ1n) is 8.19. The molecular formula is C19H15ClFN3O3S. The average molecular weight is 420 g/mol. The number of benzene rings is 2. The quantitative estimate of drug-likeness (QED) is 0.445. The van der Waals surface area contributed by atoms with Crippen LogP contribution in [0.1, 0.15) is 32.5 Å². The highest BCUT2D eigenvalue weighted by atomic mass is 35.5. The van der Waals surface area contributed by atoms with E-state index in [1.165, 1.54) is 36.4 Å². The average Bonchev–Trinajstić information content (AvgIpc) is 3.04. The fourth-order valence-corrected chi connectivity index (χ4v) is 3.33. The third kappa shape index (κ3) is 4.29. The number of rotatable bonds is 6. The predicted octanol–water partition coefficient (Wildman–Crippen LogP) is 4.67. The molecule has 3 rings (SSSR count). The Morgan fingerprint density at radius 3 is 2.54 bits per heavy atom. The molecule has 1 aromatic heterocycles. The Morgan fingerprint density at radius 1 is 1.21 bits per heavy atom. The summed E-state index contributed by atoms with van der Waals surface area (Å²) in [5, 5.41) is 3.24. The molecule has 28 heavy (non-hydrogen) atoms. The van der Waals surface area contributed by atoms with E-state index in [0.29, 0.717) is 21.9 Å². The normalized spacial score (nSPS) is 10.5. The zero-order valence-corrected chi connectivity index (χ0v) is 16.2. The highest BCUT2D eigenvalue weighted by molar-refractivity contribution is 7.18. The van der Waals surface area contributed by atoms with Gasteiger partial charge in [-0.3, -0.25) is 4.79 Å². The number of anilines is 3. The monoisotopic (exact) mass is 419 g/mol. The fraction of sp³-hybridized carbons (Fsp3) is 0.105. The number of hydrogen-bond acceptors (Lipinski definition) is 7. The van der Waals surface area contributed by atoms with E-state index < -0.39 is 11.8 Å². The molecule has 3 aromatic rings. The molecule has 6 nitrogen and oxygen atoms in total. The van der Waals surface area contributed by atoms with E-state index in [2.05, 4.69) is 10.3 Å². The van der Waals surface area contributed by atoms with Crippen LogP contribution < -0.4 is 11.1 Å². The van der Waals surface area contributed by atoms with Gasteiger partial charge in [-0.15, -0.1) is 0 Å². The molecule has 0 amide bonds. The lowest BCUT2D eigenvalue weighted by Crippen LogP contribution is -2.06. The van der Waals surface area contributed by atoms with Crippen molar-refractivity contribution in [2.75, 3.05) is 17.7 Å². The van der Waals surface area contributed by atoms with Gasteiger partial charge in [0.1, 0.15) is 16.5 Å². The summed E-state index contributed by atoms with van der Waals surface area (Å²) in [4.78, 5) is 28.7. The molecular weight excluding hydrogens is 405 g/mol. The van der Waals surface area contributed by atoms with Crippen LogP contribution >= 0.6 is 22.9 Å². The molecule has 0 fully saturated rings. The third-order valence-corrected chi connectivity index (χ3v) is 4.98. The summed E-state index contributed by atoms with van der Waals surface area (Å²) in [7, 11) is 0. The number of nitrogens with one attached hydrogen (secondary N) is 1. The summed E-state index contributed by atoms with van der Waals surface area (Å²) < 4.78 is 18.5. The highest BCUT2D eigenvalue weighted by Gasteiger charge is 2.19. The number of ketones is 1. The molecule has 2 aromatic carbocycles. The Hall–Kier alpha value is -2.97. The highest BCUT2D eigenvalue weighted by Crippen LogP contribution is 2.30. The number of carbonyl (C=O) groups excluding carboxylic acids is 2. The van der Waals surface area contributed by atoms with Crippen molar-refractivity contribution in [1.82, 2.24) is 4.98 Å². The maximum absolute atomic E-state index is 13.6. The molecule has 0 aliphatic carbocycles. The van der Waals surface area contributed by atoms with Crippen LogP contribution in [0.3, 0.4) is 0 Å². The fourth-order valence-electron chi connectivity index (χ4n) is 2.35. The first-order chi connectivity index (χ1) is 13.4. The van der Waals surface area contributed by atoms with Gasteiger partial charge in [0.25, 0.3) is 0 Å². The van der Waals surface area contributed by atoms with Gasteiger partial charge in [-0.2, -0.15) is 0 Å². The molecule has 0 atom stereocenters. The zero-order chi connectivity index (χ0) is 20.3. The maximum Gasteiger partial charge on any atom is 0.338 e. The molecule has 144 valence electrons. The van der Waals surface area contributed by atoms with E-state index in [4.69, 9.17) is 22.1 Å². The molecule has 0 saturated heterocycles. The minimum absolute atomic E-state index is 0.00587. The summed E-state index contributed by atoms with van der Waals surface area (Å²) >= 11 is 6.70. The Bertz CT molecular complexity index is 1040.